The van der Waals surface area contributed by atoms with E-state index in [1.165, 1.54) is 23.0 Å². The molecular weight excluding hydrogens is 260 g/mol. The number of hydrogen-bond acceptors (Lipinski definition) is 3. The number of carboxylic acid groups (broad SMARTS) is 2. The Morgan fingerprint density at radius 1 is 0.900 bits per heavy atom. The number of imidazole rings is 2. The molecule has 0 bridgehead atoms. The Morgan fingerprint density at radius 3 is 1.20 bits per heavy atom. The smallest absolute Gasteiger partial charge is 0.250 e. The van der Waals surface area contributed by atoms with Crippen LogP contribution in [0.15, 0.2) is 12.4 Å². The number of rotatable bonds is 0. The second-order valence-corrected chi connectivity index (χ2v) is 4.40. The van der Waals surface area contributed by atoms with E-state index in [2.05, 4.69) is 32.9 Å². The van der Waals surface area contributed by atoms with Crippen molar-refractivity contribution in [2.45, 2.75) is 27.7 Å². The molecule has 0 aliphatic rings. The molecule has 0 aliphatic heterocycles. The van der Waals surface area contributed by atoms with Gasteiger partial charge in [-0.05, 0) is 6.16 Å². The van der Waals surface area contributed by atoms with Crippen LogP contribution in [0.4, 0.5) is 4.79 Å². The molecule has 2 aromatic heterocycles. The molecule has 0 unspecified atom stereocenters. The highest BCUT2D eigenvalue weighted by molar-refractivity contribution is 5.47. The van der Waals surface area contributed by atoms with Crippen LogP contribution in [-0.2, 0) is 14.1 Å². The summed E-state index contributed by atoms with van der Waals surface area (Å²) in [5.41, 5.74) is 2.53. The molecule has 0 radical (unpaired) electrons. The van der Waals surface area contributed by atoms with Crippen LogP contribution in [0.2, 0.25) is 0 Å². The average Bonchev–Trinajstić information content (AvgIpc) is 2.80. The van der Waals surface area contributed by atoms with Crippen LogP contribution in [0, 0.1) is 27.7 Å². The number of H-pyrrole nitrogens is 2. The first-order valence-corrected chi connectivity index (χ1v) is 6.06. The fourth-order valence-corrected chi connectivity index (χ4v) is 1.33. The topological polar surface area (TPSA) is 103 Å². The monoisotopic (exact) mass is 282 g/mol. The minimum atomic E-state index is -2.33. The van der Waals surface area contributed by atoms with E-state index >= 15 is 0 Å². The number of aromatic amines is 2. The van der Waals surface area contributed by atoms with Crippen molar-refractivity contribution < 1.29 is 24.1 Å². The maximum absolute atomic E-state index is 8.33. The molecule has 2 N–H and O–H groups in total. The van der Waals surface area contributed by atoms with Crippen LogP contribution >= 0.6 is 0 Å². The maximum Gasteiger partial charge on any atom is 0.250 e. The van der Waals surface area contributed by atoms with Gasteiger partial charge in [-0.15, -0.1) is 0 Å². The summed E-state index contributed by atoms with van der Waals surface area (Å²) in [5, 5.41) is 16.7. The molecule has 0 saturated heterocycles. The molecular formula is C13H22N4O3. The number of carbonyl (C=O) groups is 1. The highest BCUT2D eigenvalue weighted by atomic mass is 16.6. The Labute approximate surface area is 118 Å². The van der Waals surface area contributed by atoms with E-state index in [0.29, 0.717) is 0 Å². The van der Waals surface area contributed by atoms with Crippen molar-refractivity contribution in [2.24, 2.45) is 14.1 Å². The number of hydrogen-bond donors (Lipinski definition) is 2. The van der Waals surface area contributed by atoms with Gasteiger partial charge in [0, 0.05) is 27.7 Å². The van der Waals surface area contributed by atoms with Gasteiger partial charge in [-0.1, -0.05) is 0 Å². The first kappa shape index (κ1) is 17.7. The van der Waals surface area contributed by atoms with Crippen LogP contribution in [0.3, 0.4) is 0 Å². The van der Waals surface area contributed by atoms with E-state index in [4.69, 9.17) is 15.0 Å². The minimum absolute atomic E-state index is 1.20. The van der Waals surface area contributed by atoms with Gasteiger partial charge in [-0.2, -0.15) is 0 Å². The Bertz CT molecular complexity index is 471. The Balaban J connectivity index is 0.000000289. The van der Waals surface area contributed by atoms with Crippen molar-refractivity contribution in [3.05, 3.63) is 35.4 Å². The highest BCUT2D eigenvalue weighted by Gasteiger charge is 2.02. The largest absolute Gasteiger partial charge is 0.652 e. The van der Waals surface area contributed by atoms with E-state index in [-0.39, 0.29) is 0 Å². The summed E-state index contributed by atoms with van der Waals surface area (Å²) in [7, 11) is 4.09. The van der Waals surface area contributed by atoms with Crippen LogP contribution in [-0.4, -0.2) is 16.1 Å². The lowest BCUT2D eigenvalue weighted by atomic mass is 10.5. The van der Waals surface area contributed by atoms with Crippen molar-refractivity contribution in [1.82, 2.24) is 9.97 Å². The fraction of sp³-hybridized carbons (Fsp3) is 0.462. The van der Waals surface area contributed by atoms with E-state index in [1.807, 2.05) is 40.3 Å². The molecule has 0 aliphatic carbocycles. The molecule has 7 heteroatoms. The van der Waals surface area contributed by atoms with Gasteiger partial charge < -0.3 is 15.0 Å². The SMILES string of the molecule is Cc1c[nH]c(C)[n+]1C.Cc1c[nH]c(C)[n+]1C.O=C([O-])[O-]. The van der Waals surface area contributed by atoms with Crippen molar-refractivity contribution in [1.29, 1.82) is 0 Å². The Morgan fingerprint density at radius 2 is 1.15 bits per heavy atom. The molecule has 2 rings (SSSR count). The lowest BCUT2D eigenvalue weighted by Gasteiger charge is -1.96. The van der Waals surface area contributed by atoms with Gasteiger partial charge in [0.1, 0.15) is 23.8 Å². The molecule has 7 nitrogen and oxygen atoms in total. The van der Waals surface area contributed by atoms with Gasteiger partial charge in [0.15, 0.2) is 0 Å². The summed E-state index contributed by atoms with van der Waals surface area (Å²) >= 11 is 0. The number of aromatic nitrogens is 4. The summed E-state index contributed by atoms with van der Waals surface area (Å²) in [5.74, 6) is 2.39. The fourth-order valence-electron chi connectivity index (χ4n) is 1.33. The zero-order valence-electron chi connectivity index (χ0n) is 12.8. The van der Waals surface area contributed by atoms with Gasteiger partial charge >= 0.3 is 0 Å². The lowest BCUT2D eigenvalue weighted by molar-refractivity contribution is -0.682. The summed E-state index contributed by atoms with van der Waals surface area (Å²) < 4.78 is 4.22. The van der Waals surface area contributed by atoms with Crippen LogP contribution in [0.1, 0.15) is 23.0 Å². The van der Waals surface area contributed by atoms with E-state index in [0.717, 1.165) is 0 Å². The van der Waals surface area contributed by atoms with Gasteiger partial charge in [-0.3, -0.25) is 0 Å². The van der Waals surface area contributed by atoms with E-state index in [9.17, 15) is 0 Å². The number of nitrogens with zero attached hydrogens (tertiary/aromatic N) is 2. The second kappa shape index (κ2) is 7.98. The van der Waals surface area contributed by atoms with Crippen molar-refractivity contribution in [2.75, 3.05) is 0 Å². The van der Waals surface area contributed by atoms with Crippen LogP contribution in [0.5, 0.6) is 0 Å². The van der Waals surface area contributed by atoms with Gasteiger partial charge in [0.2, 0.25) is 0 Å². The first-order chi connectivity index (χ1) is 9.16. The predicted octanol–water partition coefficient (Wildman–Crippen LogP) is -1.53. The number of carbonyl (C=O) groups excluding carboxylic acids is 1. The lowest BCUT2D eigenvalue weighted by Crippen LogP contribution is -2.37. The molecule has 0 atom stereocenters. The zero-order valence-corrected chi connectivity index (χ0v) is 12.8. The molecule has 0 saturated carbocycles. The Hall–Kier alpha value is -2.31. The normalized spacial score (nSPS) is 9.10. The first-order valence-electron chi connectivity index (χ1n) is 6.06. The van der Waals surface area contributed by atoms with Gasteiger partial charge in [0.05, 0.1) is 14.1 Å². The molecule has 20 heavy (non-hydrogen) atoms. The van der Waals surface area contributed by atoms with Crippen molar-refractivity contribution in [3.63, 3.8) is 0 Å². The summed E-state index contributed by atoms with van der Waals surface area (Å²) in [4.78, 5) is 14.5. The summed E-state index contributed by atoms with van der Waals surface area (Å²) in [6.45, 7) is 8.24. The molecule has 0 aromatic carbocycles. The minimum Gasteiger partial charge on any atom is -0.652 e. The summed E-state index contributed by atoms with van der Waals surface area (Å²) in [6, 6.07) is 0. The van der Waals surface area contributed by atoms with E-state index < -0.39 is 6.16 Å². The molecule has 112 valence electrons. The van der Waals surface area contributed by atoms with Crippen LogP contribution in [0.25, 0.3) is 0 Å². The van der Waals surface area contributed by atoms with Gasteiger partial charge in [-0.25, -0.2) is 19.1 Å². The van der Waals surface area contributed by atoms with Crippen LogP contribution < -0.4 is 19.3 Å². The maximum atomic E-state index is 8.33. The third-order valence-corrected chi connectivity index (χ3v) is 3.04. The average molecular weight is 282 g/mol. The molecule has 0 spiro atoms. The summed E-state index contributed by atoms with van der Waals surface area (Å²) in [6.07, 6.45) is 1.66. The van der Waals surface area contributed by atoms with Gasteiger partial charge in [0.25, 0.3) is 11.6 Å². The predicted molar refractivity (Wildman–Crippen MR) is 68.3 cm³/mol. The Kier molecular flexibility index (Phi) is 7.06. The molecule has 2 aromatic rings. The second-order valence-electron chi connectivity index (χ2n) is 4.40. The third-order valence-electron chi connectivity index (χ3n) is 3.04. The zero-order chi connectivity index (χ0) is 15.9. The van der Waals surface area contributed by atoms with E-state index in [1.54, 1.807) is 0 Å². The number of nitrogens with one attached hydrogen (secondary N) is 2. The molecule has 2 heterocycles. The number of aryl methyl sites for hydroxylation is 4. The molecule has 0 fully saturated rings. The van der Waals surface area contributed by atoms with Crippen molar-refractivity contribution >= 4 is 6.16 Å². The standard InChI is InChI=1S/2C6H10N2.CH2O3/c2*1-5-4-7-6(2)8(5)3;2-1(3)4/h2*4H,1-3H3;(H2,2,3,4). The highest BCUT2D eigenvalue weighted by Crippen LogP contribution is 1.86. The quantitative estimate of drug-likeness (QED) is 0.573. The molecule has 0 amide bonds. The van der Waals surface area contributed by atoms with Crippen molar-refractivity contribution in [3.8, 4) is 0 Å². The third kappa shape index (κ3) is 6.03.